The molecule has 0 atom stereocenters. The first-order chi connectivity index (χ1) is 9.50. The first kappa shape index (κ1) is 13.9. The van der Waals surface area contributed by atoms with Gasteiger partial charge in [-0.25, -0.2) is 4.39 Å². The molecule has 0 aliphatic rings. The van der Waals surface area contributed by atoms with Crippen LogP contribution in [0.4, 0.5) is 10.1 Å². The molecule has 104 valence electrons. The molecule has 20 heavy (non-hydrogen) atoms. The maximum Gasteiger partial charge on any atom is 0.258 e. The standard InChI is InChI=1S/C15H15FN2O2/c1-9-10(4-2-6-12(9)17)8-18-15(20)14-11(16)5-3-7-13(14)19/h2-7,19H,8,17H2,1H3,(H,18,20). The van der Waals surface area contributed by atoms with Crippen LogP contribution < -0.4 is 11.1 Å². The van der Waals surface area contributed by atoms with E-state index < -0.39 is 11.7 Å². The fourth-order valence-corrected chi connectivity index (χ4v) is 1.90. The van der Waals surface area contributed by atoms with Crippen LogP contribution in [0.2, 0.25) is 0 Å². The van der Waals surface area contributed by atoms with E-state index in [1.165, 1.54) is 12.1 Å². The number of rotatable bonds is 3. The van der Waals surface area contributed by atoms with Crippen LogP contribution >= 0.6 is 0 Å². The molecule has 0 radical (unpaired) electrons. The number of anilines is 1. The van der Waals surface area contributed by atoms with Crippen molar-refractivity contribution in [2.24, 2.45) is 0 Å². The highest BCUT2D eigenvalue weighted by molar-refractivity contribution is 5.97. The second-order valence-electron chi connectivity index (χ2n) is 4.45. The summed E-state index contributed by atoms with van der Waals surface area (Å²) in [6.07, 6.45) is 0. The number of halogens is 1. The summed E-state index contributed by atoms with van der Waals surface area (Å²) in [5.74, 6) is -1.80. The van der Waals surface area contributed by atoms with Gasteiger partial charge in [-0.3, -0.25) is 4.79 Å². The van der Waals surface area contributed by atoms with Gasteiger partial charge in [0.15, 0.2) is 0 Å². The first-order valence-electron chi connectivity index (χ1n) is 6.10. The van der Waals surface area contributed by atoms with Gasteiger partial charge in [-0.15, -0.1) is 0 Å². The lowest BCUT2D eigenvalue weighted by Crippen LogP contribution is -2.24. The number of carbonyl (C=O) groups is 1. The molecule has 0 aromatic heterocycles. The number of phenolic OH excluding ortho intramolecular Hbond substituents is 1. The van der Waals surface area contributed by atoms with Crippen molar-refractivity contribution in [1.29, 1.82) is 0 Å². The van der Waals surface area contributed by atoms with Crippen molar-refractivity contribution in [3.8, 4) is 5.75 Å². The van der Waals surface area contributed by atoms with Crippen LogP contribution in [0.1, 0.15) is 21.5 Å². The predicted octanol–water partition coefficient (Wildman–Crippen LogP) is 2.35. The Balaban J connectivity index is 2.15. The number of hydrogen-bond acceptors (Lipinski definition) is 3. The number of aromatic hydroxyl groups is 1. The van der Waals surface area contributed by atoms with E-state index in [9.17, 15) is 14.3 Å². The minimum absolute atomic E-state index is 0.212. The summed E-state index contributed by atoms with van der Waals surface area (Å²) in [7, 11) is 0. The van der Waals surface area contributed by atoms with Gasteiger partial charge in [-0.2, -0.15) is 0 Å². The topological polar surface area (TPSA) is 75.3 Å². The zero-order valence-electron chi connectivity index (χ0n) is 11.0. The predicted molar refractivity (Wildman–Crippen MR) is 74.8 cm³/mol. The van der Waals surface area contributed by atoms with Crippen molar-refractivity contribution in [3.05, 3.63) is 58.9 Å². The average molecular weight is 274 g/mol. The van der Waals surface area contributed by atoms with Crippen LogP contribution in [0.5, 0.6) is 5.75 Å². The minimum Gasteiger partial charge on any atom is -0.507 e. The SMILES string of the molecule is Cc1c(N)cccc1CNC(=O)c1c(O)cccc1F. The molecule has 0 fully saturated rings. The van der Waals surface area contributed by atoms with Crippen molar-refractivity contribution < 1.29 is 14.3 Å². The Morgan fingerprint density at radius 3 is 2.70 bits per heavy atom. The summed E-state index contributed by atoms with van der Waals surface area (Å²) >= 11 is 0. The maximum absolute atomic E-state index is 13.5. The molecule has 0 unspecified atom stereocenters. The molecule has 0 heterocycles. The Kier molecular flexibility index (Phi) is 3.89. The molecule has 2 aromatic rings. The molecule has 2 aromatic carbocycles. The molecule has 4 nitrogen and oxygen atoms in total. The van der Waals surface area contributed by atoms with E-state index in [2.05, 4.69) is 5.32 Å². The summed E-state index contributed by atoms with van der Waals surface area (Å²) < 4.78 is 13.5. The molecule has 1 amide bonds. The highest BCUT2D eigenvalue weighted by Gasteiger charge is 2.16. The number of hydrogen-bond donors (Lipinski definition) is 3. The van der Waals surface area contributed by atoms with Crippen LogP contribution in [0, 0.1) is 12.7 Å². The van der Waals surface area contributed by atoms with Crippen molar-refractivity contribution >= 4 is 11.6 Å². The Labute approximate surface area is 116 Å². The molecular weight excluding hydrogens is 259 g/mol. The van der Waals surface area contributed by atoms with Crippen molar-refractivity contribution in [2.75, 3.05) is 5.73 Å². The molecule has 2 rings (SSSR count). The van der Waals surface area contributed by atoms with Gasteiger partial charge in [0, 0.05) is 12.2 Å². The lowest BCUT2D eigenvalue weighted by molar-refractivity contribution is 0.0944. The molecule has 0 spiro atoms. The summed E-state index contributed by atoms with van der Waals surface area (Å²) in [5.41, 5.74) is 7.76. The van der Waals surface area contributed by atoms with Gasteiger partial charge in [0.1, 0.15) is 17.1 Å². The van der Waals surface area contributed by atoms with Gasteiger partial charge in [0.25, 0.3) is 5.91 Å². The number of nitrogens with two attached hydrogens (primary N) is 1. The highest BCUT2D eigenvalue weighted by Crippen LogP contribution is 2.20. The smallest absolute Gasteiger partial charge is 0.258 e. The van der Waals surface area contributed by atoms with Crippen LogP contribution in [0.3, 0.4) is 0 Å². The van der Waals surface area contributed by atoms with Crippen LogP contribution in [0.15, 0.2) is 36.4 Å². The fraction of sp³-hybridized carbons (Fsp3) is 0.133. The Morgan fingerprint density at radius 2 is 2.00 bits per heavy atom. The molecule has 0 saturated heterocycles. The summed E-state index contributed by atoms with van der Waals surface area (Å²) in [4.78, 5) is 11.9. The lowest BCUT2D eigenvalue weighted by atomic mass is 10.1. The van der Waals surface area contributed by atoms with Gasteiger partial charge in [0.2, 0.25) is 0 Å². The Hall–Kier alpha value is -2.56. The molecule has 0 aliphatic heterocycles. The lowest BCUT2D eigenvalue weighted by Gasteiger charge is -2.11. The summed E-state index contributed by atoms with van der Waals surface area (Å²) in [6, 6.07) is 9.11. The molecule has 0 bridgehead atoms. The van der Waals surface area contributed by atoms with Gasteiger partial charge in [0.05, 0.1) is 0 Å². The molecule has 0 saturated carbocycles. The molecule has 0 aliphatic carbocycles. The van der Waals surface area contributed by atoms with Crippen LogP contribution in [-0.2, 0) is 6.54 Å². The molecular formula is C15H15FN2O2. The van der Waals surface area contributed by atoms with E-state index in [1.54, 1.807) is 12.1 Å². The van der Waals surface area contributed by atoms with Gasteiger partial charge < -0.3 is 16.2 Å². The maximum atomic E-state index is 13.5. The van der Waals surface area contributed by atoms with E-state index in [-0.39, 0.29) is 17.9 Å². The number of carbonyl (C=O) groups excluding carboxylic acids is 1. The quantitative estimate of drug-likeness (QED) is 0.752. The van der Waals surface area contributed by atoms with Crippen LogP contribution in [0.25, 0.3) is 0 Å². The van der Waals surface area contributed by atoms with E-state index in [0.717, 1.165) is 17.2 Å². The first-order valence-corrected chi connectivity index (χ1v) is 6.10. The number of nitrogens with one attached hydrogen (secondary N) is 1. The summed E-state index contributed by atoms with van der Waals surface area (Å²) in [6.45, 7) is 2.06. The van der Waals surface area contributed by atoms with Crippen molar-refractivity contribution in [3.63, 3.8) is 0 Å². The number of nitrogen functional groups attached to an aromatic ring is 1. The van der Waals surface area contributed by atoms with Gasteiger partial charge in [-0.05, 0) is 36.2 Å². The second kappa shape index (κ2) is 5.61. The monoisotopic (exact) mass is 274 g/mol. The summed E-state index contributed by atoms with van der Waals surface area (Å²) in [5, 5.41) is 12.1. The number of phenols is 1. The van der Waals surface area contributed by atoms with Crippen molar-refractivity contribution in [1.82, 2.24) is 5.32 Å². The average Bonchev–Trinajstić information content (AvgIpc) is 2.40. The molecule has 5 heteroatoms. The minimum atomic E-state index is -0.758. The van der Waals surface area contributed by atoms with E-state index >= 15 is 0 Å². The third-order valence-corrected chi connectivity index (χ3v) is 3.15. The van der Waals surface area contributed by atoms with Gasteiger partial charge >= 0.3 is 0 Å². The molecule has 4 N–H and O–H groups in total. The van der Waals surface area contributed by atoms with E-state index in [1.807, 2.05) is 13.0 Å². The van der Waals surface area contributed by atoms with E-state index in [0.29, 0.717) is 5.69 Å². The Morgan fingerprint density at radius 1 is 1.30 bits per heavy atom. The zero-order chi connectivity index (χ0) is 14.7. The number of amides is 1. The largest absolute Gasteiger partial charge is 0.507 e. The highest BCUT2D eigenvalue weighted by atomic mass is 19.1. The van der Waals surface area contributed by atoms with E-state index in [4.69, 9.17) is 5.73 Å². The fourth-order valence-electron chi connectivity index (χ4n) is 1.90. The van der Waals surface area contributed by atoms with Crippen molar-refractivity contribution in [2.45, 2.75) is 13.5 Å². The van der Waals surface area contributed by atoms with Crippen LogP contribution in [-0.4, -0.2) is 11.0 Å². The zero-order valence-corrected chi connectivity index (χ0v) is 11.0. The number of benzene rings is 2. The Bertz CT molecular complexity index is 636. The second-order valence-corrected chi connectivity index (χ2v) is 4.45. The van der Waals surface area contributed by atoms with Gasteiger partial charge in [-0.1, -0.05) is 18.2 Å². The normalized spacial score (nSPS) is 10.3. The third kappa shape index (κ3) is 2.71. The third-order valence-electron chi connectivity index (χ3n) is 3.15.